The van der Waals surface area contributed by atoms with Crippen LogP contribution in [0.3, 0.4) is 0 Å². The number of furan rings is 1. The molecule has 0 aliphatic heterocycles. The SMILES string of the molecule is Cc1c(CCc2ccco2)nn(C)c1N. The van der Waals surface area contributed by atoms with E-state index in [0.717, 1.165) is 35.7 Å². The Balaban J connectivity index is 2.08. The van der Waals surface area contributed by atoms with Gasteiger partial charge in [0.2, 0.25) is 0 Å². The summed E-state index contributed by atoms with van der Waals surface area (Å²) in [6.45, 7) is 2.00. The van der Waals surface area contributed by atoms with Crippen molar-refractivity contribution >= 4 is 5.82 Å². The third-order valence-electron chi connectivity index (χ3n) is 2.62. The Hall–Kier alpha value is -1.71. The molecule has 0 amide bonds. The summed E-state index contributed by atoms with van der Waals surface area (Å²) in [5.74, 6) is 1.73. The average molecular weight is 205 g/mol. The second-order valence-corrected chi connectivity index (χ2v) is 3.66. The fourth-order valence-electron chi connectivity index (χ4n) is 1.63. The Labute approximate surface area is 88.7 Å². The molecule has 2 rings (SSSR count). The summed E-state index contributed by atoms with van der Waals surface area (Å²) in [6, 6.07) is 3.87. The van der Waals surface area contributed by atoms with Gasteiger partial charge in [-0.3, -0.25) is 4.68 Å². The molecule has 0 aliphatic rings. The van der Waals surface area contributed by atoms with Crippen molar-refractivity contribution in [2.45, 2.75) is 19.8 Å². The molecule has 4 heteroatoms. The van der Waals surface area contributed by atoms with Crippen molar-refractivity contribution in [3.63, 3.8) is 0 Å². The van der Waals surface area contributed by atoms with Crippen molar-refractivity contribution in [3.8, 4) is 0 Å². The predicted octanol–water partition coefficient (Wildman–Crippen LogP) is 1.69. The number of aromatic nitrogens is 2. The summed E-state index contributed by atoms with van der Waals surface area (Å²) in [5.41, 5.74) is 7.95. The molecule has 2 aromatic heterocycles. The van der Waals surface area contributed by atoms with Crippen molar-refractivity contribution < 1.29 is 4.42 Å². The molecule has 0 fully saturated rings. The van der Waals surface area contributed by atoms with E-state index in [1.807, 2.05) is 26.1 Å². The van der Waals surface area contributed by atoms with Crippen LogP contribution in [0.15, 0.2) is 22.8 Å². The third-order valence-corrected chi connectivity index (χ3v) is 2.62. The number of nitrogens with two attached hydrogens (primary N) is 1. The van der Waals surface area contributed by atoms with E-state index in [-0.39, 0.29) is 0 Å². The summed E-state index contributed by atoms with van der Waals surface area (Å²) in [4.78, 5) is 0. The molecule has 80 valence electrons. The van der Waals surface area contributed by atoms with Crippen molar-refractivity contribution in [3.05, 3.63) is 35.4 Å². The summed E-state index contributed by atoms with van der Waals surface area (Å²) in [7, 11) is 1.86. The van der Waals surface area contributed by atoms with Crippen LogP contribution in [0.2, 0.25) is 0 Å². The van der Waals surface area contributed by atoms with Gasteiger partial charge >= 0.3 is 0 Å². The first-order valence-corrected chi connectivity index (χ1v) is 4.99. The van der Waals surface area contributed by atoms with E-state index in [0.29, 0.717) is 0 Å². The lowest BCUT2D eigenvalue weighted by Crippen LogP contribution is -1.97. The molecule has 0 aliphatic carbocycles. The van der Waals surface area contributed by atoms with Crippen LogP contribution in [-0.2, 0) is 19.9 Å². The molecule has 4 nitrogen and oxygen atoms in total. The highest BCUT2D eigenvalue weighted by Gasteiger charge is 2.09. The number of anilines is 1. The summed E-state index contributed by atoms with van der Waals surface area (Å²) in [5, 5.41) is 4.36. The number of hydrogen-bond acceptors (Lipinski definition) is 3. The minimum atomic E-state index is 0.740. The fraction of sp³-hybridized carbons (Fsp3) is 0.364. The molecular weight excluding hydrogens is 190 g/mol. The smallest absolute Gasteiger partial charge is 0.124 e. The molecule has 0 unspecified atom stereocenters. The van der Waals surface area contributed by atoms with E-state index in [1.54, 1.807) is 10.9 Å². The third kappa shape index (κ3) is 1.88. The van der Waals surface area contributed by atoms with E-state index in [4.69, 9.17) is 10.2 Å². The van der Waals surface area contributed by atoms with Crippen LogP contribution in [0.5, 0.6) is 0 Å². The van der Waals surface area contributed by atoms with Crippen LogP contribution >= 0.6 is 0 Å². The Morgan fingerprint density at radius 2 is 2.27 bits per heavy atom. The number of nitrogens with zero attached hydrogens (tertiary/aromatic N) is 2. The van der Waals surface area contributed by atoms with Gasteiger partial charge in [0.25, 0.3) is 0 Å². The van der Waals surface area contributed by atoms with E-state index in [2.05, 4.69) is 5.10 Å². The molecule has 0 radical (unpaired) electrons. The number of hydrogen-bond donors (Lipinski definition) is 1. The lowest BCUT2D eigenvalue weighted by molar-refractivity contribution is 0.507. The maximum Gasteiger partial charge on any atom is 0.124 e. The zero-order valence-electron chi connectivity index (χ0n) is 9.03. The second kappa shape index (κ2) is 3.81. The monoisotopic (exact) mass is 205 g/mol. The molecule has 0 atom stereocenters. The van der Waals surface area contributed by atoms with Gasteiger partial charge in [0.15, 0.2) is 0 Å². The molecule has 15 heavy (non-hydrogen) atoms. The first kappa shape index (κ1) is 9.83. The first-order chi connectivity index (χ1) is 7.18. The Bertz CT molecular complexity index is 443. The maximum absolute atomic E-state index is 5.83. The number of aryl methyl sites for hydroxylation is 3. The highest BCUT2D eigenvalue weighted by Crippen LogP contribution is 2.16. The van der Waals surface area contributed by atoms with Gasteiger partial charge < -0.3 is 10.2 Å². The van der Waals surface area contributed by atoms with Crippen molar-refractivity contribution in [1.29, 1.82) is 0 Å². The van der Waals surface area contributed by atoms with Crippen molar-refractivity contribution in [2.24, 2.45) is 7.05 Å². The topological polar surface area (TPSA) is 57.0 Å². The molecule has 2 N–H and O–H groups in total. The summed E-state index contributed by atoms with van der Waals surface area (Å²) < 4.78 is 6.98. The Morgan fingerprint density at radius 3 is 2.80 bits per heavy atom. The van der Waals surface area contributed by atoms with Crippen LogP contribution in [0.4, 0.5) is 5.82 Å². The molecule has 0 saturated carbocycles. The maximum atomic E-state index is 5.83. The number of nitrogen functional groups attached to an aromatic ring is 1. The van der Waals surface area contributed by atoms with Crippen LogP contribution in [0.1, 0.15) is 17.0 Å². The minimum Gasteiger partial charge on any atom is -0.469 e. The Morgan fingerprint density at radius 1 is 1.47 bits per heavy atom. The second-order valence-electron chi connectivity index (χ2n) is 3.66. The van der Waals surface area contributed by atoms with Gasteiger partial charge in [0.05, 0.1) is 12.0 Å². The van der Waals surface area contributed by atoms with Crippen molar-refractivity contribution in [2.75, 3.05) is 5.73 Å². The zero-order chi connectivity index (χ0) is 10.8. The fourth-order valence-corrected chi connectivity index (χ4v) is 1.63. The predicted molar refractivity (Wildman–Crippen MR) is 58.5 cm³/mol. The average Bonchev–Trinajstić information content (AvgIpc) is 2.80. The zero-order valence-corrected chi connectivity index (χ0v) is 9.03. The van der Waals surface area contributed by atoms with Crippen LogP contribution in [-0.4, -0.2) is 9.78 Å². The van der Waals surface area contributed by atoms with Gasteiger partial charge in [-0.1, -0.05) is 0 Å². The van der Waals surface area contributed by atoms with Gasteiger partial charge in [-0.2, -0.15) is 5.10 Å². The lowest BCUT2D eigenvalue weighted by atomic mass is 10.1. The van der Waals surface area contributed by atoms with E-state index >= 15 is 0 Å². The van der Waals surface area contributed by atoms with Crippen LogP contribution in [0.25, 0.3) is 0 Å². The summed E-state index contributed by atoms with van der Waals surface area (Å²) >= 11 is 0. The standard InChI is InChI=1S/C11H15N3O/c1-8-10(13-14(2)11(8)12)6-5-9-4-3-7-15-9/h3-4,7H,5-6,12H2,1-2H3. The molecule has 0 aromatic carbocycles. The summed E-state index contributed by atoms with van der Waals surface area (Å²) in [6.07, 6.45) is 3.42. The molecule has 0 spiro atoms. The molecule has 0 saturated heterocycles. The van der Waals surface area contributed by atoms with Gasteiger partial charge in [0, 0.05) is 19.0 Å². The van der Waals surface area contributed by atoms with E-state index in [9.17, 15) is 0 Å². The molecule has 0 bridgehead atoms. The quantitative estimate of drug-likeness (QED) is 0.829. The number of rotatable bonds is 3. The van der Waals surface area contributed by atoms with Crippen LogP contribution in [0, 0.1) is 6.92 Å². The van der Waals surface area contributed by atoms with E-state index < -0.39 is 0 Å². The molecule has 2 aromatic rings. The molecule has 2 heterocycles. The van der Waals surface area contributed by atoms with Gasteiger partial charge in [-0.15, -0.1) is 0 Å². The van der Waals surface area contributed by atoms with Gasteiger partial charge in [-0.25, -0.2) is 0 Å². The van der Waals surface area contributed by atoms with Gasteiger partial charge in [0.1, 0.15) is 11.6 Å². The highest BCUT2D eigenvalue weighted by atomic mass is 16.3. The lowest BCUT2D eigenvalue weighted by Gasteiger charge is -1.95. The minimum absolute atomic E-state index is 0.740. The van der Waals surface area contributed by atoms with E-state index in [1.165, 1.54) is 0 Å². The molecular formula is C11H15N3O. The van der Waals surface area contributed by atoms with Crippen LogP contribution < -0.4 is 5.73 Å². The Kier molecular flexibility index (Phi) is 2.49. The van der Waals surface area contributed by atoms with Crippen molar-refractivity contribution in [1.82, 2.24) is 9.78 Å². The first-order valence-electron chi connectivity index (χ1n) is 4.99. The van der Waals surface area contributed by atoms with Gasteiger partial charge in [-0.05, 0) is 25.5 Å². The normalized spacial score (nSPS) is 10.8. The highest BCUT2D eigenvalue weighted by molar-refractivity contribution is 5.42. The largest absolute Gasteiger partial charge is 0.469 e.